The summed E-state index contributed by atoms with van der Waals surface area (Å²) >= 11 is 3.30. The molecule has 1 atom stereocenters. The quantitative estimate of drug-likeness (QED) is 0.584. The monoisotopic (exact) mass is 392 g/mol. The molecule has 0 saturated heterocycles. The minimum absolute atomic E-state index is 0.0683. The molecule has 0 fully saturated rings. The Kier molecular flexibility index (Phi) is 6.20. The van der Waals surface area contributed by atoms with Crippen molar-refractivity contribution in [1.82, 2.24) is 5.43 Å². The number of ether oxygens (including phenoxy) is 2. The number of hydrogen-bond donors (Lipinski definition) is 2. The Labute approximate surface area is 148 Å². The number of carbonyl (C=O) groups is 1. The Morgan fingerprint density at radius 2 is 1.92 bits per heavy atom. The second kappa shape index (κ2) is 8.35. The predicted octanol–water partition coefficient (Wildman–Crippen LogP) is 3.08. The fourth-order valence-electron chi connectivity index (χ4n) is 1.80. The van der Waals surface area contributed by atoms with E-state index >= 15 is 0 Å². The number of hydrogen-bond acceptors (Lipinski definition) is 5. The summed E-state index contributed by atoms with van der Waals surface area (Å²) < 4.78 is 11.4. The number of phenolic OH excluding ortho intramolecular Hbond substituents is 1. The van der Waals surface area contributed by atoms with E-state index in [1.807, 2.05) is 0 Å². The Bertz CT molecular complexity index is 732. The van der Waals surface area contributed by atoms with Gasteiger partial charge >= 0.3 is 0 Å². The maximum atomic E-state index is 12.0. The van der Waals surface area contributed by atoms with Crippen LogP contribution in [0.1, 0.15) is 12.5 Å². The van der Waals surface area contributed by atoms with Crippen LogP contribution < -0.4 is 14.9 Å². The van der Waals surface area contributed by atoms with Crippen LogP contribution in [-0.4, -0.2) is 30.4 Å². The molecule has 2 N–H and O–H groups in total. The van der Waals surface area contributed by atoms with Gasteiger partial charge in [-0.3, -0.25) is 4.79 Å². The number of benzene rings is 2. The number of amides is 1. The van der Waals surface area contributed by atoms with Crippen LogP contribution in [0.3, 0.4) is 0 Å². The average molecular weight is 393 g/mol. The fraction of sp³-hybridized carbons (Fsp3) is 0.176. The SMILES string of the molecule is COc1ccc(OC(C)C(=O)NN=Cc2cc(Br)ccc2O)cc1. The van der Waals surface area contributed by atoms with E-state index in [1.165, 1.54) is 12.3 Å². The first kappa shape index (κ1) is 17.8. The molecule has 0 spiro atoms. The zero-order valence-electron chi connectivity index (χ0n) is 13.2. The summed E-state index contributed by atoms with van der Waals surface area (Å²) in [6.07, 6.45) is 0.629. The number of nitrogens with zero attached hydrogens (tertiary/aromatic N) is 1. The molecule has 126 valence electrons. The number of halogens is 1. The van der Waals surface area contributed by atoms with Crippen molar-refractivity contribution in [3.63, 3.8) is 0 Å². The predicted molar refractivity (Wildman–Crippen MR) is 94.6 cm³/mol. The smallest absolute Gasteiger partial charge is 0.280 e. The normalized spacial score (nSPS) is 12.0. The lowest BCUT2D eigenvalue weighted by molar-refractivity contribution is -0.127. The van der Waals surface area contributed by atoms with Gasteiger partial charge in [0.2, 0.25) is 0 Å². The van der Waals surface area contributed by atoms with Gasteiger partial charge < -0.3 is 14.6 Å². The summed E-state index contributed by atoms with van der Waals surface area (Å²) in [6, 6.07) is 11.8. The molecule has 0 aliphatic carbocycles. The third-order valence-corrected chi connectivity index (χ3v) is 3.60. The van der Waals surface area contributed by atoms with Gasteiger partial charge in [-0.25, -0.2) is 5.43 Å². The van der Waals surface area contributed by atoms with E-state index < -0.39 is 12.0 Å². The van der Waals surface area contributed by atoms with Crippen molar-refractivity contribution in [2.75, 3.05) is 7.11 Å². The first-order chi connectivity index (χ1) is 11.5. The minimum atomic E-state index is -0.730. The fourth-order valence-corrected chi connectivity index (χ4v) is 2.18. The second-order valence-corrected chi connectivity index (χ2v) is 5.79. The topological polar surface area (TPSA) is 80.2 Å². The molecule has 0 saturated carbocycles. The van der Waals surface area contributed by atoms with Crippen molar-refractivity contribution in [1.29, 1.82) is 0 Å². The standard InChI is InChI=1S/C17H17BrN2O4/c1-11(24-15-6-4-14(23-2)5-7-15)17(22)20-19-10-12-9-13(18)3-8-16(12)21/h3-11,21H,1-2H3,(H,20,22). The molecule has 0 radical (unpaired) electrons. The summed E-state index contributed by atoms with van der Waals surface area (Å²) in [5, 5.41) is 13.5. The summed E-state index contributed by atoms with van der Waals surface area (Å²) in [5.74, 6) is 0.917. The number of aromatic hydroxyl groups is 1. The summed E-state index contributed by atoms with van der Waals surface area (Å²) in [4.78, 5) is 12.0. The molecule has 1 amide bonds. The van der Waals surface area contributed by atoms with Crippen LogP contribution >= 0.6 is 15.9 Å². The highest BCUT2D eigenvalue weighted by Crippen LogP contribution is 2.20. The first-order valence-electron chi connectivity index (χ1n) is 7.11. The Balaban J connectivity index is 1.91. The van der Waals surface area contributed by atoms with Crippen LogP contribution in [0.25, 0.3) is 0 Å². The van der Waals surface area contributed by atoms with E-state index in [-0.39, 0.29) is 5.75 Å². The molecule has 6 nitrogen and oxygen atoms in total. The first-order valence-corrected chi connectivity index (χ1v) is 7.91. The van der Waals surface area contributed by atoms with E-state index in [4.69, 9.17) is 9.47 Å². The van der Waals surface area contributed by atoms with Crippen LogP contribution in [0.15, 0.2) is 52.0 Å². The van der Waals surface area contributed by atoms with Crippen LogP contribution in [0.5, 0.6) is 17.2 Å². The lowest BCUT2D eigenvalue weighted by Gasteiger charge is -2.13. The summed E-state index contributed by atoms with van der Waals surface area (Å²) in [7, 11) is 1.58. The number of rotatable bonds is 6. The van der Waals surface area contributed by atoms with Crippen LogP contribution in [0.2, 0.25) is 0 Å². The van der Waals surface area contributed by atoms with Gasteiger partial charge in [-0.1, -0.05) is 15.9 Å². The van der Waals surface area contributed by atoms with Gasteiger partial charge in [-0.2, -0.15) is 5.10 Å². The molecular formula is C17H17BrN2O4. The number of methoxy groups -OCH3 is 1. The van der Waals surface area contributed by atoms with E-state index in [1.54, 1.807) is 50.4 Å². The Hall–Kier alpha value is -2.54. The Morgan fingerprint density at radius 1 is 1.25 bits per heavy atom. The molecule has 0 aliphatic rings. The summed E-state index contributed by atoms with van der Waals surface area (Å²) in [5.41, 5.74) is 2.85. The van der Waals surface area contributed by atoms with E-state index in [0.717, 1.165) is 4.47 Å². The molecule has 2 aromatic carbocycles. The lowest BCUT2D eigenvalue weighted by atomic mass is 10.2. The van der Waals surface area contributed by atoms with Gasteiger partial charge in [-0.15, -0.1) is 0 Å². The van der Waals surface area contributed by atoms with Gasteiger partial charge in [0.05, 0.1) is 13.3 Å². The largest absolute Gasteiger partial charge is 0.507 e. The molecule has 0 aromatic heterocycles. The number of carbonyl (C=O) groups excluding carboxylic acids is 1. The van der Waals surface area contributed by atoms with Crippen LogP contribution in [0, 0.1) is 0 Å². The molecular weight excluding hydrogens is 376 g/mol. The highest BCUT2D eigenvalue weighted by Gasteiger charge is 2.14. The van der Waals surface area contributed by atoms with Crippen molar-refractivity contribution in [2.24, 2.45) is 5.10 Å². The highest BCUT2D eigenvalue weighted by molar-refractivity contribution is 9.10. The van der Waals surface area contributed by atoms with E-state index in [9.17, 15) is 9.90 Å². The molecule has 0 heterocycles. The molecule has 0 bridgehead atoms. The number of nitrogens with one attached hydrogen (secondary N) is 1. The van der Waals surface area contributed by atoms with Crippen molar-refractivity contribution in [2.45, 2.75) is 13.0 Å². The average Bonchev–Trinajstić information content (AvgIpc) is 2.58. The molecule has 7 heteroatoms. The maximum absolute atomic E-state index is 12.0. The van der Waals surface area contributed by atoms with Crippen molar-refractivity contribution in [3.05, 3.63) is 52.5 Å². The second-order valence-electron chi connectivity index (χ2n) is 4.87. The zero-order valence-corrected chi connectivity index (χ0v) is 14.8. The molecule has 1 unspecified atom stereocenters. The summed E-state index contributed by atoms with van der Waals surface area (Å²) in [6.45, 7) is 1.62. The third-order valence-electron chi connectivity index (χ3n) is 3.11. The van der Waals surface area contributed by atoms with Gasteiger partial charge in [0.25, 0.3) is 5.91 Å². The zero-order chi connectivity index (χ0) is 17.5. The molecule has 2 aromatic rings. The van der Waals surface area contributed by atoms with Gasteiger partial charge in [0, 0.05) is 10.0 Å². The highest BCUT2D eigenvalue weighted by atomic mass is 79.9. The molecule has 0 aliphatic heterocycles. The number of hydrazone groups is 1. The van der Waals surface area contributed by atoms with Crippen molar-refractivity contribution in [3.8, 4) is 17.2 Å². The lowest BCUT2D eigenvalue weighted by Crippen LogP contribution is -2.33. The van der Waals surface area contributed by atoms with Crippen molar-refractivity contribution >= 4 is 28.1 Å². The molecule has 24 heavy (non-hydrogen) atoms. The Morgan fingerprint density at radius 3 is 2.58 bits per heavy atom. The van der Waals surface area contributed by atoms with E-state index in [0.29, 0.717) is 17.1 Å². The van der Waals surface area contributed by atoms with Crippen LogP contribution in [0.4, 0.5) is 0 Å². The number of phenols is 1. The van der Waals surface area contributed by atoms with E-state index in [2.05, 4.69) is 26.5 Å². The molecule has 2 rings (SSSR count). The van der Waals surface area contributed by atoms with Crippen molar-refractivity contribution < 1.29 is 19.4 Å². The van der Waals surface area contributed by atoms with Gasteiger partial charge in [0.1, 0.15) is 17.2 Å². The van der Waals surface area contributed by atoms with Gasteiger partial charge in [-0.05, 0) is 49.4 Å². The maximum Gasteiger partial charge on any atom is 0.280 e. The van der Waals surface area contributed by atoms with Crippen LogP contribution in [-0.2, 0) is 4.79 Å². The third kappa shape index (κ3) is 4.99. The minimum Gasteiger partial charge on any atom is -0.507 e. The van der Waals surface area contributed by atoms with Gasteiger partial charge in [0.15, 0.2) is 6.10 Å².